The van der Waals surface area contributed by atoms with Crippen molar-refractivity contribution < 1.29 is 9.13 Å². The second kappa shape index (κ2) is 8.21. The first-order chi connectivity index (χ1) is 12.1. The van der Waals surface area contributed by atoms with Crippen LogP contribution in [0.3, 0.4) is 0 Å². The van der Waals surface area contributed by atoms with Crippen LogP contribution in [0.2, 0.25) is 0 Å². The van der Waals surface area contributed by atoms with E-state index in [1.165, 1.54) is 12.1 Å². The van der Waals surface area contributed by atoms with Gasteiger partial charge in [0.1, 0.15) is 11.6 Å². The van der Waals surface area contributed by atoms with Gasteiger partial charge in [0.25, 0.3) is 0 Å². The summed E-state index contributed by atoms with van der Waals surface area (Å²) < 4.78 is 19.7. The molecule has 0 radical (unpaired) electrons. The normalized spacial score (nSPS) is 16.2. The van der Waals surface area contributed by atoms with E-state index < -0.39 is 0 Å². The number of ether oxygens (including phenoxy) is 1. The number of rotatable bonds is 4. The van der Waals surface area contributed by atoms with Gasteiger partial charge in [0.05, 0.1) is 0 Å². The van der Waals surface area contributed by atoms with Crippen molar-refractivity contribution in [1.82, 2.24) is 10.3 Å². The number of pyridine rings is 1. The van der Waals surface area contributed by atoms with Crippen molar-refractivity contribution in [2.75, 3.05) is 25.1 Å². The molecule has 1 aliphatic rings. The quantitative estimate of drug-likeness (QED) is 0.727. The van der Waals surface area contributed by atoms with E-state index in [4.69, 9.17) is 17.0 Å². The van der Waals surface area contributed by atoms with E-state index >= 15 is 0 Å². The SMILES string of the molecule is Fc1ccc(C2(CNC(=S)Nc3ccc(Br)cn3)CCOCC2)cc1. The highest BCUT2D eigenvalue weighted by atomic mass is 79.9. The Bertz CT molecular complexity index is 718. The highest BCUT2D eigenvalue weighted by Gasteiger charge is 2.34. The number of hydrogen-bond donors (Lipinski definition) is 2. The minimum absolute atomic E-state index is 0.120. The van der Waals surface area contributed by atoms with Gasteiger partial charge >= 0.3 is 0 Å². The molecule has 0 bridgehead atoms. The maximum atomic E-state index is 13.3. The standard InChI is InChI=1S/C18H19BrFN3OS/c19-14-3-6-16(21-11-14)23-17(25)22-12-18(7-9-24-10-8-18)13-1-4-15(20)5-2-13/h1-6,11H,7-10,12H2,(H2,21,22,23,25). The average molecular weight is 424 g/mol. The maximum absolute atomic E-state index is 13.3. The molecule has 1 saturated heterocycles. The van der Waals surface area contributed by atoms with Crippen LogP contribution in [0.1, 0.15) is 18.4 Å². The molecule has 1 aromatic carbocycles. The number of nitrogens with one attached hydrogen (secondary N) is 2. The van der Waals surface area contributed by atoms with Crippen molar-refractivity contribution in [3.8, 4) is 0 Å². The molecule has 0 unspecified atom stereocenters. The number of benzene rings is 1. The summed E-state index contributed by atoms with van der Waals surface area (Å²) in [4.78, 5) is 4.25. The Morgan fingerprint density at radius 2 is 1.92 bits per heavy atom. The molecule has 0 atom stereocenters. The zero-order chi connectivity index (χ0) is 17.7. The minimum Gasteiger partial charge on any atom is -0.381 e. The first-order valence-corrected chi connectivity index (χ1v) is 9.28. The second-order valence-electron chi connectivity index (χ2n) is 6.07. The van der Waals surface area contributed by atoms with Gasteiger partial charge in [-0.25, -0.2) is 9.37 Å². The van der Waals surface area contributed by atoms with Crippen LogP contribution in [0.4, 0.5) is 10.2 Å². The zero-order valence-electron chi connectivity index (χ0n) is 13.6. The lowest BCUT2D eigenvalue weighted by Gasteiger charge is -2.38. The van der Waals surface area contributed by atoms with Crippen molar-refractivity contribution in [3.05, 3.63) is 58.4 Å². The molecule has 25 heavy (non-hydrogen) atoms. The van der Waals surface area contributed by atoms with Gasteiger partial charge in [0, 0.05) is 35.8 Å². The van der Waals surface area contributed by atoms with E-state index in [0.29, 0.717) is 30.7 Å². The Morgan fingerprint density at radius 3 is 2.56 bits per heavy atom. The number of anilines is 1. The lowest BCUT2D eigenvalue weighted by Crippen LogP contribution is -2.45. The summed E-state index contributed by atoms with van der Waals surface area (Å²) in [7, 11) is 0. The molecule has 2 aromatic rings. The van der Waals surface area contributed by atoms with Crippen molar-refractivity contribution >= 4 is 39.1 Å². The Labute approximate surface area is 160 Å². The molecule has 0 amide bonds. The third-order valence-electron chi connectivity index (χ3n) is 4.46. The predicted octanol–water partition coefficient (Wildman–Crippen LogP) is 4.02. The fourth-order valence-electron chi connectivity index (χ4n) is 2.99. The van der Waals surface area contributed by atoms with Gasteiger partial charge in [-0.2, -0.15) is 0 Å². The third-order valence-corrected chi connectivity index (χ3v) is 5.18. The minimum atomic E-state index is -0.225. The van der Waals surface area contributed by atoms with E-state index in [1.54, 1.807) is 6.20 Å². The first-order valence-electron chi connectivity index (χ1n) is 8.08. The van der Waals surface area contributed by atoms with Crippen molar-refractivity contribution in [2.24, 2.45) is 0 Å². The molecule has 0 saturated carbocycles. The molecular formula is C18H19BrFN3OS. The van der Waals surface area contributed by atoms with E-state index in [2.05, 4.69) is 31.5 Å². The van der Waals surface area contributed by atoms with Gasteiger partial charge in [0.2, 0.25) is 0 Å². The van der Waals surface area contributed by atoms with Gasteiger partial charge in [-0.1, -0.05) is 12.1 Å². The molecule has 3 rings (SSSR count). The zero-order valence-corrected chi connectivity index (χ0v) is 16.0. The summed E-state index contributed by atoms with van der Waals surface area (Å²) in [6.07, 6.45) is 3.44. The first kappa shape index (κ1) is 18.2. The summed E-state index contributed by atoms with van der Waals surface area (Å²) in [5.74, 6) is 0.459. The molecule has 4 nitrogen and oxygen atoms in total. The number of halogens is 2. The van der Waals surface area contributed by atoms with Crippen LogP contribution in [0.25, 0.3) is 0 Å². The summed E-state index contributed by atoms with van der Waals surface area (Å²) in [5.41, 5.74) is 0.986. The maximum Gasteiger partial charge on any atom is 0.171 e. The topological polar surface area (TPSA) is 46.2 Å². The number of nitrogens with zero attached hydrogens (tertiary/aromatic N) is 1. The number of hydrogen-bond acceptors (Lipinski definition) is 3. The van der Waals surface area contributed by atoms with Gasteiger partial charge in [0.15, 0.2) is 5.11 Å². The molecule has 1 aliphatic heterocycles. The highest BCUT2D eigenvalue weighted by Crippen LogP contribution is 2.34. The van der Waals surface area contributed by atoms with Crippen LogP contribution in [0.15, 0.2) is 47.1 Å². The molecule has 0 aliphatic carbocycles. The summed E-state index contributed by atoms with van der Waals surface area (Å²) in [5, 5.41) is 6.89. The molecule has 132 valence electrons. The van der Waals surface area contributed by atoms with E-state index in [0.717, 1.165) is 22.9 Å². The Morgan fingerprint density at radius 1 is 1.20 bits per heavy atom. The molecular weight excluding hydrogens is 405 g/mol. The summed E-state index contributed by atoms with van der Waals surface area (Å²) in [6.45, 7) is 2.03. The molecule has 0 spiro atoms. The molecule has 1 aromatic heterocycles. The smallest absolute Gasteiger partial charge is 0.171 e. The van der Waals surface area contributed by atoms with E-state index in [9.17, 15) is 4.39 Å². The molecule has 1 fully saturated rings. The Kier molecular flexibility index (Phi) is 5.98. The molecule has 2 N–H and O–H groups in total. The van der Waals surface area contributed by atoms with Crippen molar-refractivity contribution in [2.45, 2.75) is 18.3 Å². The summed E-state index contributed by atoms with van der Waals surface area (Å²) >= 11 is 8.75. The largest absolute Gasteiger partial charge is 0.381 e. The van der Waals surface area contributed by atoms with Crippen LogP contribution in [-0.4, -0.2) is 29.9 Å². The lowest BCUT2D eigenvalue weighted by molar-refractivity contribution is 0.0515. The van der Waals surface area contributed by atoms with Crippen LogP contribution < -0.4 is 10.6 Å². The fraction of sp³-hybridized carbons (Fsp3) is 0.333. The number of thiocarbonyl (C=S) groups is 1. The average Bonchev–Trinajstić information content (AvgIpc) is 2.63. The van der Waals surface area contributed by atoms with E-state index in [-0.39, 0.29) is 11.2 Å². The van der Waals surface area contributed by atoms with Crippen molar-refractivity contribution in [3.63, 3.8) is 0 Å². The monoisotopic (exact) mass is 423 g/mol. The van der Waals surface area contributed by atoms with Gasteiger partial charge in [-0.3, -0.25) is 0 Å². The lowest BCUT2D eigenvalue weighted by atomic mass is 9.74. The van der Waals surface area contributed by atoms with Gasteiger partial charge in [-0.05, 0) is 70.8 Å². The Balaban J connectivity index is 1.67. The van der Waals surface area contributed by atoms with Crippen LogP contribution in [0, 0.1) is 5.82 Å². The van der Waals surface area contributed by atoms with Gasteiger partial charge < -0.3 is 15.4 Å². The van der Waals surface area contributed by atoms with E-state index in [1.807, 2.05) is 24.3 Å². The third kappa shape index (κ3) is 4.74. The second-order valence-corrected chi connectivity index (χ2v) is 7.39. The van der Waals surface area contributed by atoms with Crippen molar-refractivity contribution in [1.29, 1.82) is 0 Å². The van der Waals surface area contributed by atoms with Crippen LogP contribution in [0.5, 0.6) is 0 Å². The fourth-order valence-corrected chi connectivity index (χ4v) is 3.40. The Hall–Kier alpha value is -1.57. The predicted molar refractivity (Wildman–Crippen MR) is 104 cm³/mol. The van der Waals surface area contributed by atoms with Crippen LogP contribution >= 0.6 is 28.1 Å². The molecule has 2 heterocycles. The van der Waals surface area contributed by atoms with Gasteiger partial charge in [-0.15, -0.1) is 0 Å². The number of aromatic nitrogens is 1. The summed E-state index contributed by atoms with van der Waals surface area (Å²) in [6, 6.07) is 10.5. The van der Waals surface area contributed by atoms with Crippen LogP contribution in [-0.2, 0) is 10.2 Å². The highest BCUT2D eigenvalue weighted by molar-refractivity contribution is 9.10. The molecule has 7 heteroatoms.